The third-order valence-corrected chi connectivity index (χ3v) is 5.64. The second kappa shape index (κ2) is 5.23. The fraction of sp³-hybridized carbons (Fsp3) is 0.500. The van der Waals surface area contributed by atoms with Crippen LogP contribution >= 0.6 is 23.1 Å². The highest BCUT2D eigenvalue weighted by atomic mass is 32.2. The lowest BCUT2D eigenvalue weighted by Gasteiger charge is -2.17. The molecule has 0 amide bonds. The number of hydrogen-bond donors (Lipinski definition) is 1. The van der Waals surface area contributed by atoms with Crippen LogP contribution in [0.4, 0.5) is 0 Å². The van der Waals surface area contributed by atoms with E-state index in [-0.39, 0.29) is 10.8 Å². The Bertz CT molecular complexity index is 756. The van der Waals surface area contributed by atoms with Crippen molar-refractivity contribution >= 4 is 33.3 Å². The van der Waals surface area contributed by atoms with Crippen molar-refractivity contribution in [3.63, 3.8) is 0 Å². The molecule has 2 heterocycles. The molecule has 2 aromatic rings. The lowest BCUT2D eigenvalue weighted by atomic mass is 9.89. The van der Waals surface area contributed by atoms with Gasteiger partial charge in [0.15, 0.2) is 5.16 Å². The first-order valence-corrected chi connectivity index (χ1v) is 8.39. The molecule has 0 radical (unpaired) electrons. The van der Waals surface area contributed by atoms with Crippen molar-refractivity contribution in [2.45, 2.75) is 43.5 Å². The normalized spacial score (nSPS) is 19.6. The van der Waals surface area contributed by atoms with Gasteiger partial charge in [-0.1, -0.05) is 18.7 Å². The minimum absolute atomic E-state index is 0.0605. The third kappa shape index (κ3) is 2.36. The van der Waals surface area contributed by atoms with Crippen LogP contribution in [0.3, 0.4) is 0 Å². The zero-order chi connectivity index (χ0) is 14.3. The first-order chi connectivity index (χ1) is 9.58. The molecule has 104 valence electrons. The fourth-order valence-electron chi connectivity index (χ4n) is 2.58. The van der Waals surface area contributed by atoms with E-state index in [1.807, 2.05) is 0 Å². The van der Waals surface area contributed by atoms with Crippen LogP contribution in [-0.2, 0) is 12.8 Å². The molecule has 1 aliphatic rings. The number of nitrogens with one attached hydrogen (secondary N) is 1. The van der Waals surface area contributed by atoms with Crippen LogP contribution in [0.1, 0.15) is 30.7 Å². The summed E-state index contributed by atoms with van der Waals surface area (Å²) in [6.07, 6.45) is 3.16. The highest BCUT2D eigenvalue weighted by Crippen LogP contribution is 2.36. The van der Waals surface area contributed by atoms with E-state index in [0.717, 1.165) is 29.5 Å². The predicted molar refractivity (Wildman–Crippen MR) is 82.4 cm³/mol. The second-order valence-electron chi connectivity index (χ2n) is 5.29. The van der Waals surface area contributed by atoms with E-state index in [0.29, 0.717) is 11.1 Å². The van der Waals surface area contributed by atoms with Gasteiger partial charge in [-0.25, -0.2) is 4.98 Å². The van der Waals surface area contributed by atoms with Crippen molar-refractivity contribution < 1.29 is 0 Å². The van der Waals surface area contributed by atoms with Crippen molar-refractivity contribution in [2.24, 2.45) is 5.92 Å². The average Bonchev–Trinajstić information content (AvgIpc) is 2.75. The molecule has 0 spiro atoms. The van der Waals surface area contributed by atoms with Crippen LogP contribution in [0.2, 0.25) is 0 Å². The molecule has 2 atom stereocenters. The van der Waals surface area contributed by atoms with Crippen molar-refractivity contribution in [2.75, 3.05) is 0 Å². The number of aromatic nitrogens is 2. The minimum atomic E-state index is -0.217. The number of hydrogen-bond acceptors (Lipinski definition) is 5. The monoisotopic (exact) mass is 305 g/mol. The van der Waals surface area contributed by atoms with E-state index >= 15 is 0 Å². The van der Waals surface area contributed by atoms with Gasteiger partial charge in [0.25, 0.3) is 5.56 Å². The molecule has 20 heavy (non-hydrogen) atoms. The number of nitrogens with zero attached hydrogens (tertiary/aromatic N) is 2. The Morgan fingerprint density at radius 1 is 1.60 bits per heavy atom. The number of thioether (sulfide) groups is 1. The number of aryl methyl sites for hydroxylation is 1. The van der Waals surface area contributed by atoms with E-state index < -0.39 is 0 Å². The summed E-state index contributed by atoms with van der Waals surface area (Å²) in [7, 11) is 0. The maximum atomic E-state index is 12.3. The number of aromatic amines is 1. The molecule has 0 unspecified atom stereocenters. The summed E-state index contributed by atoms with van der Waals surface area (Å²) in [4.78, 5) is 21.8. The summed E-state index contributed by atoms with van der Waals surface area (Å²) in [6.45, 7) is 4.05. The Labute approximate surface area is 125 Å². The fourth-order valence-corrected chi connectivity index (χ4v) is 4.70. The number of thiophene rings is 1. The van der Waals surface area contributed by atoms with E-state index in [1.54, 1.807) is 18.3 Å². The van der Waals surface area contributed by atoms with Gasteiger partial charge in [0.05, 0.1) is 16.7 Å². The first-order valence-electron chi connectivity index (χ1n) is 6.69. The Morgan fingerprint density at radius 3 is 3.15 bits per heavy atom. The topological polar surface area (TPSA) is 69.5 Å². The molecular formula is C14H15N3OS2. The summed E-state index contributed by atoms with van der Waals surface area (Å²) in [5.41, 5.74) is 1.14. The lowest BCUT2D eigenvalue weighted by molar-refractivity contribution is 0.509. The van der Waals surface area contributed by atoms with Gasteiger partial charge in [-0.2, -0.15) is 5.26 Å². The van der Waals surface area contributed by atoms with E-state index in [1.165, 1.54) is 22.2 Å². The lowest BCUT2D eigenvalue weighted by Crippen LogP contribution is -2.13. The van der Waals surface area contributed by atoms with Crippen LogP contribution in [0.15, 0.2) is 9.95 Å². The molecule has 0 aliphatic heterocycles. The molecule has 4 nitrogen and oxygen atoms in total. The molecule has 2 aromatic heterocycles. The average molecular weight is 305 g/mol. The maximum absolute atomic E-state index is 12.3. The number of nitriles is 1. The molecule has 0 saturated heterocycles. The van der Waals surface area contributed by atoms with Crippen LogP contribution in [-0.4, -0.2) is 15.2 Å². The molecule has 0 fully saturated rings. The molecule has 1 aliphatic carbocycles. The van der Waals surface area contributed by atoms with Gasteiger partial charge in [-0.05, 0) is 37.7 Å². The van der Waals surface area contributed by atoms with Gasteiger partial charge in [-0.15, -0.1) is 11.3 Å². The van der Waals surface area contributed by atoms with Crippen molar-refractivity contribution in [3.8, 4) is 6.07 Å². The highest BCUT2D eigenvalue weighted by molar-refractivity contribution is 8.00. The van der Waals surface area contributed by atoms with Crippen molar-refractivity contribution in [1.82, 2.24) is 9.97 Å². The van der Waals surface area contributed by atoms with Gasteiger partial charge in [0, 0.05) is 4.88 Å². The second-order valence-corrected chi connectivity index (χ2v) is 7.71. The Balaban J connectivity index is 2.10. The van der Waals surface area contributed by atoms with E-state index in [2.05, 4.69) is 23.0 Å². The first kappa shape index (κ1) is 13.7. The highest BCUT2D eigenvalue weighted by Gasteiger charge is 2.23. The quantitative estimate of drug-likeness (QED) is 0.683. The number of fused-ring (bicyclic) bond motifs is 3. The van der Waals surface area contributed by atoms with Crippen LogP contribution in [0.5, 0.6) is 0 Å². The largest absolute Gasteiger partial charge is 0.301 e. The van der Waals surface area contributed by atoms with Gasteiger partial charge >= 0.3 is 0 Å². The molecule has 6 heteroatoms. The zero-order valence-electron chi connectivity index (χ0n) is 11.4. The minimum Gasteiger partial charge on any atom is -0.301 e. The summed E-state index contributed by atoms with van der Waals surface area (Å²) < 4.78 is 0. The van der Waals surface area contributed by atoms with Gasteiger partial charge in [0.2, 0.25) is 0 Å². The molecule has 3 rings (SSSR count). The predicted octanol–water partition coefficient (Wildman–Crippen LogP) is 3.11. The molecule has 0 bridgehead atoms. The van der Waals surface area contributed by atoms with Crippen molar-refractivity contribution in [1.29, 1.82) is 5.26 Å². The molecule has 0 saturated carbocycles. The Hall–Kier alpha value is -1.32. The Morgan fingerprint density at radius 2 is 2.40 bits per heavy atom. The van der Waals surface area contributed by atoms with Crippen LogP contribution < -0.4 is 5.56 Å². The molecule has 0 aromatic carbocycles. The molecule has 1 N–H and O–H groups in total. The summed E-state index contributed by atoms with van der Waals surface area (Å²) in [5, 5.41) is 9.95. The summed E-state index contributed by atoms with van der Waals surface area (Å²) in [6, 6.07) is 2.14. The van der Waals surface area contributed by atoms with Gasteiger partial charge in [-0.3, -0.25) is 4.79 Å². The number of H-pyrrole nitrogens is 1. The Kier molecular flexibility index (Phi) is 3.57. The molecular weight excluding hydrogens is 290 g/mol. The van der Waals surface area contributed by atoms with Gasteiger partial charge < -0.3 is 4.98 Å². The number of rotatable bonds is 2. The third-order valence-electron chi connectivity index (χ3n) is 3.61. The summed E-state index contributed by atoms with van der Waals surface area (Å²) in [5.74, 6) is 0.683. The van der Waals surface area contributed by atoms with Crippen LogP contribution in [0.25, 0.3) is 10.2 Å². The SMILES string of the molecule is C[C@H]1CCc2c(sc3nc(S[C@H](C)C#N)[nH]c(=O)c23)C1. The zero-order valence-corrected chi connectivity index (χ0v) is 13.0. The summed E-state index contributed by atoms with van der Waals surface area (Å²) >= 11 is 2.94. The van der Waals surface area contributed by atoms with Crippen molar-refractivity contribution in [3.05, 3.63) is 20.8 Å². The van der Waals surface area contributed by atoms with Gasteiger partial charge in [0.1, 0.15) is 4.83 Å². The van der Waals surface area contributed by atoms with E-state index in [9.17, 15) is 4.79 Å². The van der Waals surface area contributed by atoms with Crippen LogP contribution in [0, 0.1) is 17.2 Å². The standard InChI is InChI=1S/C14H15N3OS2/c1-7-3-4-9-10(5-7)20-13-11(9)12(18)16-14(17-13)19-8(2)6-15/h7-8H,3-5H2,1-2H3,(H,16,17,18)/t7-,8+/m0/s1. The maximum Gasteiger partial charge on any atom is 0.260 e. The smallest absolute Gasteiger partial charge is 0.260 e. The van der Waals surface area contributed by atoms with E-state index in [4.69, 9.17) is 5.26 Å².